The number of hydrogen-bond donors (Lipinski definition) is 2. The highest BCUT2D eigenvalue weighted by molar-refractivity contribution is 5.93. The number of carbonyl (C=O) groups is 1. The van der Waals surface area contributed by atoms with Gasteiger partial charge in [0.25, 0.3) is 5.91 Å². The van der Waals surface area contributed by atoms with Crippen molar-refractivity contribution >= 4 is 17.4 Å². The average molecular weight is 374 g/mol. The first-order chi connectivity index (χ1) is 13.7. The van der Waals surface area contributed by atoms with Gasteiger partial charge in [-0.1, -0.05) is 36.4 Å². The summed E-state index contributed by atoms with van der Waals surface area (Å²) in [6.07, 6.45) is 1.61. The van der Waals surface area contributed by atoms with E-state index in [1.54, 1.807) is 12.1 Å². The van der Waals surface area contributed by atoms with Crippen molar-refractivity contribution in [2.45, 2.75) is 0 Å². The number of benzene rings is 2. The minimum atomic E-state index is -0.298. The SMILES string of the molecule is C=CCNC(=O)c1cc(Nc2ccc3c(c2)OCO3)nc(-c2ccccc2)n1. The number of ether oxygens (including phenoxy) is 2. The molecule has 0 bridgehead atoms. The van der Waals surface area contributed by atoms with E-state index in [0.717, 1.165) is 11.3 Å². The van der Waals surface area contributed by atoms with Crippen molar-refractivity contribution in [1.82, 2.24) is 15.3 Å². The Bertz CT molecular complexity index is 1020. The van der Waals surface area contributed by atoms with Crippen molar-refractivity contribution in [1.29, 1.82) is 0 Å². The van der Waals surface area contributed by atoms with Crippen LogP contribution in [0.5, 0.6) is 11.5 Å². The lowest BCUT2D eigenvalue weighted by molar-refractivity contribution is 0.0953. The third-order valence-electron chi connectivity index (χ3n) is 4.04. The van der Waals surface area contributed by atoms with E-state index in [4.69, 9.17) is 9.47 Å². The predicted molar refractivity (Wildman–Crippen MR) is 106 cm³/mol. The fourth-order valence-electron chi connectivity index (χ4n) is 2.72. The van der Waals surface area contributed by atoms with Gasteiger partial charge in [-0.25, -0.2) is 9.97 Å². The summed E-state index contributed by atoms with van der Waals surface area (Å²) < 4.78 is 10.7. The minimum absolute atomic E-state index is 0.206. The molecule has 2 aromatic carbocycles. The Labute approximate surface area is 162 Å². The molecule has 1 amide bonds. The van der Waals surface area contributed by atoms with Crippen LogP contribution < -0.4 is 20.1 Å². The molecule has 2 heterocycles. The first-order valence-corrected chi connectivity index (χ1v) is 8.73. The monoisotopic (exact) mass is 374 g/mol. The van der Waals surface area contributed by atoms with Gasteiger partial charge in [0.05, 0.1) is 0 Å². The highest BCUT2D eigenvalue weighted by Gasteiger charge is 2.15. The maximum absolute atomic E-state index is 12.4. The number of aromatic nitrogens is 2. The Morgan fingerprint density at radius 2 is 1.89 bits per heavy atom. The Balaban J connectivity index is 1.69. The van der Waals surface area contributed by atoms with Crippen LogP contribution in [0.4, 0.5) is 11.5 Å². The smallest absolute Gasteiger partial charge is 0.270 e. The summed E-state index contributed by atoms with van der Waals surface area (Å²) in [5, 5.41) is 5.95. The topological polar surface area (TPSA) is 85.4 Å². The van der Waals surface area contributed by atoms with Crippen molar-refractivity contribution in [3.05, 3.63) is 72.9 Å². The van der Waals surface area contributed by atoms with Gasteiger partial charge in [-0.3, -0.25) is 4.79 Å². The summed E-state index contributed by atoms with van der Waals surface area (Å²) in [5.74, 6) is 2.01. The van der Waals surface area contributed by atoms with Crippen LogP contribution in [0.2, 0.25) is 0 Å². The third-order valence-corrected chi connectivity index (χ3v) is 4.04. The fourth-order valence-corrected chi connectivity index (χ4v) is 2.72. The first kappa shape index (κ1) is 17.5. The van der Waals surface area contributed by atoms with Crippen molar-refractivity contribution in [3.63, 3.8) is 0 Å². The second kappa shape index (κ2) is 7.79. The Kier molecular flexibility index (Phi) is 4.88. The minimum Gasteiger partial charge on any atom is -0.454 e. The van der Waals surface area contributed by atoms with E-state index in [-0.39, 0.29) is 18.4 Å². The van der Waals surface area contributed by atoms with Crippen LogP contribution in [0, 0.1) is 0 Å². The molecule has 0 unspecified atom stereocenters. The molecule has 0 radical (unpaired) electrons. The molecule has 2 N–H and O–H groups in total. The van der Waals surface area contributed by atoms with Crippen LogP contribution in [0.3, 0.4) is 0 Å². The molecule has 0 saturated carbocycles. The molecule has 1 aliphatic rings. The molecule has 1 aromatic heterocycles. The van der Waals surface area contributed by atoms with E-state index in [2.05, 4.69) is 27.2 Å². The quantitative estimate of drug-likeness (QED) is 0.642. The number of nitrogens with one attached hydrogen (secondary N) is 2. The lowest BCUT2D eigenvalue weighted by atomic mass is 10.2. The molecule has 7 nitrogen and oxygen atoms in total. The second-order valence-corrected chi connectivity index (χ2v) is 6.02. The van der Waals surface area contributed by atoms with Gasteiger partial charge in [0, 0.05) is 29.9 Å². The zero-order chi connectivity index (χ0) is 19.3. The summed E-state index contributed by atoms with van der Waals surface area (Å²) in [6, 6.07) is 16.6. The number of fused-ring (bicyclic) bond motifs is 1. The number of nitrogens with zero attached hydrogens (tertiary/aromatic N) is 2. The zero-order valence-corrected chi connectivity index (χ0v) is 15.0. The first-order valence-electron chi connectivity index (χ1n) is 8.73. The van der Waals surface area contributed by atoms with Crippen molar-refractivity contribution in [2.75, 3.05) is 18.7 Å². The van der Waals surface area contributed by atoms with Gasteiger partial charge < -0.3 is 20.1 Å². The van der Waals surface area contributed by atoms with Crippen molar-refractivity contribution in [3.8, 4) is 22.9 Å². The maximum atomic E-state index is 12.4. The molecule has 0 saturated heterocycles. The molecule has 3 aromatic rings. The largest absolute Gasteiger partial charge is 0.454 e. The van der Waals surface area contributed by atoms with E-state index in [1.165, 1.54) is 0 Å². The molecule has 0 spiro atoms. The molecule has 7 heteroatoms. The number of anilines is 2. The summed E-state index contributed by atoms with van der Waals surface area (Å²) in [5.41, 5.74) is 1.84. The highest BCUT2D eigenvalue weighted by atomic mass is 16.7. The number of rotatable bonds is 6. The summed E-state index contributed by atoms with van der Waals surface area (Å²) in [7, 11) is 0. The van der Waals surface area contributed by atoms with E-state index in [1.807, 2.05) is 48.5 Å². The molecule has 0 aliphatic carbocycles. The third kappa shape index (κ3) is 3.78. The van der Waals surface area contributed by atoms with Gasteiger partial charge in [0.1, 0.15) is 11.5 Å². The van der Waals surface area contributed by atoms with E-state index in [0.29, 0.717) is 29.7 Å². The van der Waals surface area contributed by atoms with Crippen LogP contribution in [0.1, 0.15) is 10.5 Å². The average Bonchev–Trinajstić information content (AvgIpc) is 3.20. The van der Waals surface area contributed by atoms with E-state index < -0.39 is 0 Å². The van der Waals surface area contributed by atoms with Crippen molar-refractivity contribution in [2.24, 2.45) is 0 Å². The van der Waals surface area contributed by atoms with Gasteiger partial charge in [0.2, 0.25) is 6.79 Å². The van der Waals surface area contributed by atoms with Crippen LogP contribution in [-0.2, 0) is 0 Å². The van der Waals surface area contributed by atoms with Crippen LogP contribution in [-0.4, -0.2) is 29.2 Å². The summed E-state index contributed by atoms with van der Waals surface area (Å²) >= 11 is 0. The van der Waals surface area contributed by atoms with Gasteiger partial charge in [-0.15, -0.1) is 6.58 Å². The van der Waals surface area contributed by atoms with E-state index >= 15 is 0 Å². The Morgan fingerprint density at radius 3 is 2.71 bits per heavy atom. The van der Waals surface area contributed by atoms with Crippen molar-refractivity contribution < 1.29 is 14.3 Å². The van der Waals surface area contributed by atoms with Gasteiger partial charge in [0.15, 0.2) is 17.3 Å². The van der Waals surface area contributed by atoms with E-state index in [9.17, 15) is 4.79 Å². The maximum Gasteiger partial charge on any atom is 0.270 e. The number of carbonyl (C=O) groups excluding carboxylic acids is 1. The molecule has 0 fully saturated rings. The Morgan fingerprint density at radius 1 is 1.07 bits per heavy atom. The molecule has 28 heavy (non-hydrogen) atoms. The lowest BCUT2D eigenvalue weighted by Crippen LogP contribution is -2.24. The van der Waals surface area contributed by atoms with Gasteiger partial charge in [-0.05, 0) is 12.1 Å². The molecule has 4 rings (SSSR count). The predicted octanol–water partition coefficient (Wildman–Crippen LogP) is 3.53. The lowest BCUT2D eigenvalue weighted by Gasteiger charge is -2.11. The molecule has 0 atom stereocenters. The standard InChI is InChI=1S/C21H18N4O3/c1-2-10-22-21(26)16-12-19(25-20(24-16)14-6-4-3-5-7-14)23-15-8-9-17-18(11-15)28-13-27-17/h2-9,11-12H,1,10,13H2,(H,22,26)(H,23,24,25). The normalized spacial score (nSPS) is 11.7. The second-order valence-electron chi connectivity index (χ2n) is 6.02. The van der Waals surface area contributed by atoms with Crippen LogP contribution in [0.25, 0.3) is 11.4 Å². The molecular weight excluding hydrogens is 356 g/mol. The zero-order valence-electron chi connectivity index (χ0n) is 15.0. The van der Waals surface area contributed by atoms with Gasteiger partial charge >= 0.3 is 0 Å². The molecule has 140 valence electrons. The highest BCUT2D eigenvalue weighted by Crippen LogP contribution is 2.35. The Hall–Kier alpha value is -3.87. The summed E-state index contributed by atoms with van der Waals surface area (Å²) in [6.45, 7) is 4.17. The number of amides is 1. The molecule has 1 aliphatic heterocycles. The number of hydrogen-bond acceptors (Lipinski definition) is 6. The summed E-state index contributed by atoms with van der Waals surface area (Å²) in [4.78, 5) is 21.4. The van der Waals surface area contributed by atoms with Crippen LogP contribution in [0.15, 0.2) is 67.3 Å². The fraction of sp³-hybridized carbons (Fsp3) is 0.0952. The molecular formula is C21H18N4O3. The van der Waals surface area contributed by atoms with Crippen LogP contribution >= 0.6 is 0 Å². The van der Waals surface area contributed by atoms with Gasteiger partial charge in [-0.2, -0.15) is 0 Å².